The average molecular weight is 975 g/mol. The van der Waals surface area contributed by atoms with E-state index in [-0.39, 0.29) is 25.9 Å². The van der Waals surface area contributed by atoms with Gasteiger partial charge in [0.05, 0.1) is 19.8 Å². The Kier molecular flexibility index (Phi) is 47.6. The highest BCUT2D eigenvalue weighted by Crippen LogP contribution is 2.43. The number of hydrogen-bond donors (Lipinski definition) is 2. The first-order valence-corrected chi connectivity index (χ1v) is 28.0. The molecule has 0 aromatic heterocycles. The summed E-state index contributed by atoms with van der Waals surface area (Å²) in [5.74, 6) is -1.52. The molecular weight excluding hydrogens is 880 g/mol. The van der Waals surface area contributed by atoms with Crippen LogP contribution in [0, 0.1) is 0 Å². The molecule has 0 aliphatic carbocycles. The Bertz CT molecular complexity index is 1460. The molecule has 0 heterocycles. The number of unbranched alkanes of at least 4 members (excludes halogenated alkanes) is 17. The van der Waals surface area contributed by atoms with Crippen LogP contribution in [-0.2, 0) is 42.2 Å². The summed E-state index contributed by atoms with van der Waals surface area (Å²) in [6, 6.07) is 0. The molecule has 390 valence electrons. The lowest BCUT2D eigenvalue weighted by Gasteiger charge is -2.21. The summed E-state index contributed by atoms with van der Waals surface area (Å²) in [7, 11) is -4.75. The third-order valence-corrected chi connectivity index (χ3v) is 11.8. The first kappa shape index (κ1) is 64.7. The van der Waals surface area contributed by atoms with Crippen LogP contribution in [0.15, 0.2) is 85.1 Å². The predicted molar refractivity (Wildman–Crippen MR) is 279 cm³/mol. The maximum absolute atomic E-state index is 12.8. The maximum Gasteiger partial charge on any atom is 0.472 e. The minimum Gasteiger partial charge on any atom is -0.462 e. The van der Waals surface area contributed by atoms with Gasteiger partial charge in [0.1, 0.15) is 12.7 Å². The Morgan fingerprint density at radius 3 is 1.18 bits per heavy atom. The Morgan fingerprint density at radius 1 is 0.426 bits per heavy atom. The number of carbonyl (C=O) groups is 3. The van der Waals surface area contributed by atoms with E-state index in [0.717, 1.165) is 122 Å². The average Bonchev–Trinajstić information content (AvgIpc) is 3.32. The van der Waals surface area contributed by atoms with Crippen LogP contribution in [0.1, 0.15) is 213 Å². The number of phosphoric ester groups is 1. The number of rotatable bonds is 48. The zero-order chi connectivity index (χ0) is 49.9. The van der Waals surface area contributed by atoms with Crippen molar-refractivity contribution in [3.8, 4) is 0 Å². The molecule has 3 atom stereocenters. The molecule has 0 saturated heterocycles. The van der Waals surface area contributed by atoms with Crippen LogP contribution in [0.2, 0.25) is 0 Å². The lowest BCUT2D eigenvalue weighted by Crippen LogP contribution is -2.30. The molecule has 12 heteroatoms. The van der Waals surface area contributed by atoms with E-state index in [1.807, 2.05) is 0 Å². The second-order valence-electron chi connectivity index (χ2n) is 17.3. The Hall–Kier alpha value is -3.34. The normalized spacial score (nSPS) is 14.1. The number of esters is 3. The van der Waals surface area contributed by atoms with Crippen LogP contribution in [0.25, 0.3) is 0 Å². The minimum absolute atomic E-state index is 0.136. The lowest BCUT2D eigenvalue weighted by atomic mass is 10.1. The first-order valence-electron chi connectivity index (χ1n) is 26.5. The molecule has 68 heavy (non-hydrogen) atoms. The molecule has 0 rings (SSSR count). The molecule has 0 aliphatic heterocycles. The highest BCUT2D eigenvalue weighted by Gasteiger charge is 2.28. The van der Waals surface area contributed by atoms with Gasteiger partial charge in [-0.1, -0.05) is 189 Å². The fourth-order valence-electron chi connectivity index (χ4n) is 6.83. The van der Waals surface area contributed by atoms with Crippen molar-refractivity contribution >= 4 is 25.7 Å². The number of ether oxygens (including phenoxy) is 3. The van der Waals surface area contributed by atoms with Gasteiger partial charge in [0.2, 0.25) is 0 Å². The fraction of sp³-hybridized carbons (Fsp3) is 0.696. The van der Waals surface area contributed by atoms with Crippen molar-refractivity contribution in [3.63, 3.8) is 0 Å². The summed E-state index contributed by atoms with van der Waals surface area (Å²) in [4.78, 5) is 48.3. The number of allylic oxidation sites excluding steroid dienone is 14. The number of carbonyl (C=O) groups excluding carboxylic acids is 3. The summed E-state index contributed by atoms with van der Waals surface area (Å²) in [6.07, 6.45) is 55.5. The third-order valence-electron chi connectivity index (χ3n) is 10.8. The van der Waals surface area contributed by atoms with Crippen molar-refractivity contribution in [2.75, 3.05) is 26.4 Å². The van der Waals surface area contributed by atoms with Crippen LogP contribution in [-0.4, -0.2) is 66.5 Å². The molecule has 0 amide bonds. The van der Waals surface area contributed by atoms with Gasteiger partial charge in [0, 0.05) is 19.3 Å². The van der Waals surface area contributed by atoms with E-state index in [1.165, 1.54) is 32.1 Å². The summed E-state index contributed by atoms with van der Waals surface area (Å²) in [6.45, 7) is 4.33. The van der Waals surface area contributed by atoms with E-state index in [2.05, 4.69) is 106 Å². The summed E-state index contributed by atoms with van der Waals surface area (Å²) in [5.41, 5.74) is 0. The molecule has 0 aromatic carbocycles. The van der Waals surface area contributed by atoms with Gasteiger partial charge in [0.15, 0.2) is 6.10 Å². The van der Waals surface area contributed by atoms with Gasteiger partial charge in [-0.2, -0.15) is 0 Å². The van der Waals surface area contributed by atoms with Crippen molar-refractivity contribution in [2.24, 2.45) is 0 Å². The first-order chi connectivity index (χ1) is 33.2. The standard InChI is InChI=1S/C56H95O11P/c1-4-7-10-13-16-19-21-23-25-26-28-30-32-35-38-41-44-47-56(60)67-53(49-63-54(58)45-42-39-36-33-18-15-12-9-6-3)51-65-68(61,62)64-50-52(48-57)66-55(59)46-43-40-37-34-31-29-27-24-22-20-17-14-11-8-5-2/h7-8,10-11,16-17,19-20,23-25,27-28,30,52-53,57H,4-6,9,12-15,18,21-22,26,29,31-51H2,1-3H3,(H,61,62)/b10-7-,11-8-,19-16-,20-17-,25-23-,27-24-,30-28-. The zero-order valence-corrected chi connectivity index (χ0v) is 43.7. The summed E-state index contributed by atoms with van der Waals surface area (Å²) in [5, 5.41) is 9.78. The highest BCUT2D eigenvalue weighted by molar-refractivity contribution is 7.47. The largest absolute Gasteiger partial charge is 0.472 e. The topological polar surface area (TPSA) is 155 Å². The molecule has 0 fully saturated rings. The predicted octanol–water partition coefficient (Wildman–Crippen LogP) is 15.1. The van der Waals surface area contributed by atoms with Crippen LogP contribution in [0.4, 0.5) is 0 Å². The van der Waals surface area contributed by atoms with E-state index in [0.29, 0.717) is 19.3 Å². The second kappa shape index (κ2) is 50.1. The van der Waals surface area contributed by atoms with Gasteiger partial charge in [-0.15, -0.1) is 0 Å². The number of aliphatic hydroxyl groups is 1. The SMILES string of the molecule is CC/C=C\C/C=C\C/C=C\C/C=C\CCCCCCC(=O)OC(COC(=O)CCCCCCCCCCC)COP(=O)(O)OCC(CO)OC(=O)CCCCCCC/C=C\C/C=C\C/C=C\CC. The van der Waals surface area contributed by atoms with Crippen molar-refractivity contribution in [1.82, 2.24) is 0 Å². The maximum atomic E-state index is 12.8. The molecule has 2 N–H and O–H groups in total. The second-order valence-corrected chi connectivity index (χ2v) is 18.7. The molecule has 0 bridgehead atoms. The third kappa shape index (κ3) is 47.7. The number of aliphatic hydroxyl groups excluding tert-OH is 1. The van der Waals surface area contributed by atoms with E-state index in [9.17, 15) is 28.9 Å². The molecular formula is C56H95O11P. The quantitative estimate of drug-likeness (QED) is 0.0197. The van der Waals surface area contributed by atoms with Gasteiger partial charge in [-0.25, -0.2) is 4.57 Å². The van der Waals surface area contributed by atoms with E-state index in [4.69, 9.17) is 23.3 Å². The van der Waals surface area contributed by atoms with Crippen LogP contribution >= 0.6 is 7.82 Å². The smallest absolute Gasteiger partial charge is 0.462 e. The van der Waals surface area contributed by atoms with E-state index >= 15 is 0 Å². The molecule has 0 radical (unpaired) electrons. The highest BCUT2D eigenvalue weighted by atomic mass is 31.2. The van der Waals surface area contributed by atoms with Gasteiger partial charge in [-0.05, 0) is 89.9 Å². The van der Waals surface area contributed by atoms with Gasteiger partial charge in [0.25, 0.3) is 0 Å². The van der Waals surface area contributed by atoms with Crippen molar-refractivity contribution in [2.45, 2.75) is 226 Å². The van der Waals surface area contributed by atoms with Crippen LogP contribution in [0.5, 0.6) is 0 Å². The molecule has 0 aromatic rings. The van der Waals surface area contributed by atoms with Crippen LogP contribution < -0.4 is 0 Å². The molecule has 11 nitrogen and oxygen atoms in total. The minimum atomic E-state index is -4.75. The van der Waals surface area contributed by atoms with Crippen molar-refractivity contribution in [1.29, 1.82) is 0 Å². The van der Waals surface area contributed by atoms with Crippen molar-refractivity contribution < 1.29 is 52.2 Å². The Morgan fingerprint density at radius 2 is 0.765 bits per heavy atom. The Balaban J connectivity index is 4.74. The van der Waals surface area contributed by atoms with E-state index in [1.54, 1.807) is 0 Å². The van der Waals surface area contributed by atoms with Gasteiger partial charge < -0.3 is 24.2 Å². The monoisotopic (exact) mass is 975 g/mol. The van der Waals surface area contributed by atoms with Crippen LogP contribution in [0.3, 0.4) is 0 Å². The molecule has 0 aliphatic rings. The lowest BCUT2D eigenvalue weighted by molar-refractivity contribution is -0.161. The van der Waals surface area contributed by atoms with Gasteiger partial charge >= 0.3 is 25.7 Å². The number of phosphoric acid groups is 1. The molecule has 0 saturated carbocycles. The number of hydrogen-bond acceptors (Lipinski definition) is 10. The van der Waals surface area contributed by atoms with Crippen molar-refractivity contribution in [3.05, 3.63) is 85.1 Å². The van der Waals surface area contributed by atoms with E-state index < -0.39 is 57.8 Å². The Labute approximate surface area is 413 Å². The summed E-state index contributed by atoms with van der Waals surface area (Å²) < 4.78 is 39.3. The zero-order valence-electron chi connectivity index (χ0n) is 42.8. The molecule has 0 spiro atoms. The molecule has 3 unspecified atom stereocenters. The summed E-state index contributed by atoms with van der Waals surface area (Å²) >= 11 is 0. The van der Waals surface area contributed by atoms with Gasteiger partial charge in [-0.3, -0.25) is 23.4 Å². The fourth-order valence-corrected chi connectivity index (χ4v) is 7.61.